The molecule has 0 bridgehead atoms. The van der Waals surface area contributed by atoms with E-state index in [2.05, 4.69) is 10.3 Å². The van der Waals surface area contributed by atoms with Crippen molar-refractivity contribution in [3.63, 3.8) is 0 Å². The van der Waals surface area contributed by atoms with Gasteiger partial charge in [0.25, 0.3) is 0 Å². The molecule has 0 saturated heterocycles. The van der Waals surface area contributed by atoms with Crippen molar-refractivity contribution >= 4 is 11.8 Å². The summed E-state index contributed by atoms with van der Waals surface area (Å²) >= 11 is 0. The van der Waals surface area contributed by atoms with Crippen molar-refractivity contribution in [1.82, 2.24) is 4.98 Å². The van der Waals surface area contributed by atoms with E-state index in [1.807, 2.05) is 6.07 Å². The van der Waals surface area contributed by atoms with Crippen molar-refractivity contribution in [2.75, 3.05) is 12.4 Å². The first-order chi connectivity index (χ1) is 8.35. The van der Waals surface area contributed by atoms with Gasteiger partial charge in [0.1, 0.15) is 23.1 Å². The van der Waals surface area contributed by atoms with Crippen LogP contribution >= 0.6 is 0 Å². The second-order valence-corrected chi connectivity index (χ2v) is 4.49. The lowest BCUT2D eigenvalue weighted by Crippen LogP contribution is -2.27. The Kier molecular flexibility index (Phi) is 4.10. The average molecular weight is 249 g/mol. The maximum Gasteiger partial charge on any atom is 0.412 e. The van der Waals surface area contributed by atoms with E-state index in [4.69, 9.17) is 14.7 Å². The summed E-state index contributed by atoms with van der Waals surface area (Å²) in [4.78, 5) is 15.5. The Morgan fingerprint density at radius 2 is 2.11 bits per heavy atom. The van der Waals surface area contributed by atoms with Crippen molar-refractivity contribution in [2.45, 2.75) is 26.4 Å². The van der Waals surface area contributed by atoms with E-state index in [-0.39, 0.29) is 11.6 Å². The first kappa shape index (κ1) is 13.8. The van der Waals surface area contributed by atoms with Gasteiger partial charge in [-0.15, -0.1) is 0 Å². The van der Waals surface area contributed by atoms with Crippen LogP contribution in [0.4, 0.5) is 10.5 Å². The number of anilines is 1. The average Bonchev–Trinajstić information content (AvgIpc) is 2.27. The van der Waals surface area contributed by atoms with E-state index in [1.165, 1.54) is 19.2 Å². The molecule has 6 heteroatoms. The number of nitriles is 1. The van der Waals surface area contributed by atoms with E-state index in [0.717, 1.165) is 0 Å². The number of aromatic nitrogens is 1. The number of nitrogens with zero attached hydrogens (tertiary/aromatic N) is 2. The van der Waals surface area contributed by atoms with Crippen LogP contribution in [0, 0.1) is 11.3 Å². The molecule has 0 aliphatic rings. The zero-order chi connectivity index (χ0) is 13.8. The van der Waals surface area contributed by atoms with E-state index in [9.17, 15) is 4.79 Å². The molecule has 0 fully saturated rings. The largest absolute Gasteiger partial charge is 0.479 e. The standard InChI is InChI=1S/C12H15N3O3/c1-12(2,3)18-11(16)15-9-6-5-8(7-13)14-10(9)17-4/h5-6H,1-4H3,(H,15,16). The molecule has 1 N–H and O–H groups in total. The molecule has 0 aliphatic heterocycles. The van der Waals surface area contributed by atoms with Gasteiger partial charge in [0.2, 0.25) is 5.88 Å². The van der Waals surface area contributed by atoms with Gasteiger partial charge in [-0.2, -0.15) is 5.26 Å². The number of pyridine rings is 1. The van der Waals surface area contributed by atoms with E-state index in [0.29, 0.717) is 5.69 Å². The topological polar surface area (TPSA) is 84.2 Å². The highest BCUT2D eigenvalue weighted by Crippen LogP contribution is 2.22. The van der Waals surface area contributed by atoms with Gasteiger partial charge in [-0.1, -0.05) is 0 Å². The fraction of sp³-hybridized carbons (Fsp3) is 0.417. The number of ether oxygens (including phenoxy) is 2. The lowest BCUT2D eigenvalue weighted by molar-refractivity contribution is 0.0635. The third kappa shape index (κ3) is 3.94. The Balaban J connectivity index is 2.85. The summed E-state index contributed by atoms with van der Waals surface area (Å²) in [6.07, 6.45) is -0.604. The number of rotatable bonds is 2. The number of carbonyl (C=O) groups is 1. The van der Waals surface area contributed by atoms with Crippen molar-refractivity contribution in [1.29, 1.82) is 5.26 Å². The Morgan fingerprint density at radius 3 is 2.61 bits per heavy atom. The predicted octanol–water partition coefficient (Wildman–Crippen LogP) is 2.31. The number of nitrogens with one attached hydrogen (secondary N) is 1. The van der Waals surface area contributed by atoms with Crippen LogP contribution in [0.3, 0.4) is 0 Å². The number of carbonyl (C=O) groups excluding carboxylic acids is 1. The Bertz CT molecular complexity index is 486. The van der Waals surface area contributed by atoms with Crippen LogP contribution in [0.2, 0.25) is 0 Å². The van der Waals surface area contributed by atoms with Crippen LogP contribution in [-0.4, -0.2) is 23.8 Å². The minimum atomic E-state index is -0.604. The first-order valence-corrected chi connectivity index (χ1v) is 5.31. The molecule has 0 unspecified atom stereocenters. The van der Waals surface area contributed by atoms with Crippen LogP contribution in [0.1, 0.15) is 26.5 Å². The second-order valence-electron chi connectivity index (χ2n) is 4.49. The third-order valence-electron chi connectivity index (χ3n) is 1.80. The zero-order valence-electron chi connectivity index (χ0n) is 10.8. The maximum atomic E-state index is 11.6. The van der Waals surface area contributed by atoms with E-state index < -0.39 is 11.7 Å². The number of methoxy groups -OCH3 is 1. The summed E-state index contributed by atoms with van der Waals surface area (Å²) in [7, 11) is 1.41. The molecule has 0 aliphatic carbocycles. The quantitative estimate of drug-likeness (QED) is 0.869. The molecule has 1 aromatic rings. The Morgan fingerprint density at radius 1 is 1.44 bits per heavy atom. The fourth-order valence-electron chi connectivity index (χ4n) is 1.17. The normalized spacial score (nSPS) is 10.4. The lowest BCUT2D eigenvalue weighted by Gasteiger charge is -2.20. The van der Waals surface area contributed by atoms with Gasteiger partial charge >= 0.3 is 6.09 Å². The molecule has 0 saturated carbocycles. The minimum Gasteiger partial charge on any atom is -0.479 e. The predicted molar refractivity (Wildman–Crippen MR) is 65.4 cm³/mol. The van der Waals surface area contributed by atoms with Crippen molar-refractivity contribution in [3.8, 4) is 11.9 Å². The summed E-state index contributed by atoms with van der Waals surface area (Å²) in [5, 5.41) is 11.2. The molecule has 0 radical (unpaired) electrons. The second kappa shape index (κ2) is 5.36. The van der Waals surface area contributed by atoms with Gasteiger partial charge in [-0.25, -0.2) is 9.78 Å². The number of hydrogen-bond donors (Lipinski definition) is 1. The van der Waals surface area contributed by atoms with Gasteiger partial charge in [0.15, 0.2) is 0 Å². The minimum absolute atomic E-state index is 0.167. The molecule has 0 spiro atoms. The highest BCUT2D eigenvalue weighted by atomic mass is 16.6. The Hall–Kier alpha value is -2.29. The maximum absolute atomic E-state index is 11.6. The molecular weight excluding hydrogens is 234 g/mol. The summed E-state index contributed by atoms with van der Waals surface area (Å²) in [5.41, 5.74) is -0.0236. The number of hydrogen-bond acceptors (Lipinski definition) is 5. The van der Waals surface area contributed by atoms with Crippen LogP contribution in [0.15, 0.2) is 12.1 Å². The third-order valence-corrected chi connectivity index (χ3v) is 1.80. The van der Waals surface area contributed by atoms with Crippen LogP contribution < -0.4 is 10.1 Å². The Labute approximate surface area is 106 Å². The molecular formula is C12H15N3O3. The summed E-state index contributed by atoms with van der Waals surface area (Å²) < 4.78 is 10.1. The highest BCUT2D eigenvalue weighted by molar-refractivity contribution is 5.86. The van der Waals surface area contributed by atoms with Crippen LogP contribution in [-0.2, 0) is 4.74 Å². The molecule has 1 amide bonds. The van der Waals surface area contributed by atoms with Gasteiger partial charge in [0.05, 0.1) is 7.11 Å². The van der Waals surface area contributed by atoms with Crippen molar-refractivity contribution in [2.24, 2.45) is 0 Å². The fourth-order valence-corrected chi connectivity index (χ4v) is 1.17. The van der Waals surface area contributed by atoms with Crippen molar-refractivity contribution < 1.29 is 14.3 Å². The monoisotopic (exact) mass is 249 g/mol. The number of amides is 1. The first-order valence-electron chi connectivity index (χ1n) is 5.31. The molecule has 1 aromatic heterocycles. The van der Waals surface area contributed by atoms with Gasteiger partial charge in [0, 0.05) is 0 Å². The van der Waals surface area contributed by atoms with E-state index >= 15 is 0 Å². The highest BCUT2D eigenvalue weighted by Gasteiger charge is 2.18. The van der Waals surface area contributed by atoms with Crippen LogP contribution in [0.5, 0.6) is 5.88 Å². The molecule has 1 rings (SSSR count). The van der Waals surface area contributed by atoms with Gasteiger partial charge in [-0.3, -0.25) is 5.32 Å². The summed E-state index contributed by atoms with van der Waals surface area (Å²) in [6.45, 7) is 5.29. The molecule has 0 atom stereocenters. The molecule has 18 heavy (non-hydrogen) atoms. The SMILES string of the molecule is COc1nc(C#N)ccc1NC(=O)OC(C)(C)C. The van der Waals surface area contributed by atoms with Gasteiger partial charge < -0.3 is 9.47 Å². The molecule has 1 heterocycles. The molecule has 0 aromatic carbocycles. The molecule has 6 nitrogen and oxygen atoms in total. The van der Waals surface area contributed by atoms with E-state index in [1.54, 1.807) is 20.8 Å². The summed E-state index contributed by atoms with van der Waals surface area (Å²) in [6, 6.07) is 4.90. The zero-order valence-corrected chi connectivity index (χ0v) is 10.8. The van der Waals surface area contributed by atoms with Gasteiger partial charge in [-0.05, 0) is 32.9 Å². The molecule has 96 valence electrons. The smallest absolute Gasteiger partial charge is 0.412 e. The summed E-state index contributed by atoms with van der Waals surface area (Å²) in [5.74, 6) is 0.167. The lowest BCUT2D eigenvalue weighted by atomic mass is 10.2. The van der Waals surface area contributed by atoms with Crippen molar-refractivity contribution in [3.05, 3.63) is 17.8 Å². The van der Waals surface area contributed by atoms with Crippen LogP contribution in [0.25, 0.3) is 0 Å².